The highest BCUT2D eigenvalue weighted by Gasteiger charge is 2.24. The van der Waals surface area contributed by atoms with Crippen LogP contribution in [0.3, 0.4) is 0 Å². The Morgan fingerprint density at radius 1 is 1.14 bits per heavy atom. The molecule has 5 nitrogen and oxygen atoms in total. The fourth-order valence-corrected chi connectivity index (χ4v) is 2.45. The van der Waals surface area contributed by atoms with Gasteiger partial charge >= 0.3 is 11.8 Å². The molecule has 0 bridgehead atoms. The fraction of sp³-hybridized carbons (Fsp3) is 0.467. The molecule has 1 aromatic carbocycles. The van der Waals surface area contributed by atoms with E-state index in [-0.39, 0.29) is 12.5 Å². The predicted molar refractivity (Wildman–Crippen MR) is 76.0 cm³/mol. The SMILES string of the molecule is O=C(NC[C@@H]1CCCC[C@@H]1O)C(=O)Nc1ccc(F)cc1. The van der Waals surface area contributed by atoms with Crippen LogP contribution in [0.2, 0.25) is 0 Å². The maximum absolute atomic E-state index is 12.7. The van der Waals surface area contributed by atoms with Crippen molar-refractivity contribution in [2.45, 2.75) is 31.8 Å². The summed E-state index contributed by atoms with van der Waals surface area (Å²) in [5, 5.41) is 14.7. The zero-order valence-electron chi connectivity index (χ0n) is 11.6. The Bertz CT molecular complexity index is 504. The molecule has 0 spiro atoms. The van der Waals surface area contributed by atoms with E-state index >= 15 is 0 Å². The van der Waals surface area contributed by atoms with Gasteiger partial charge in [0.15, 0.2) is 0 Å². The Labute approximate surface area is 122 Å². The van der Waals surface area contributed by atoms with Gasteiger partial charge in [-0.25, -0.2) is 4.39 Å². The third kappa shape index (κ3) is 4.53. The van der Waals surface area contributed by atoms with Crippen molar-refractivity contribution in [3.05, 3.63) is 30.1 Å². The monoisotopic (exact) mass is 294 g/mol. The molecule has 1 aliphatic carbocycles. The van der Waals surface area contributed by atoms with E-state index in [0.29, 0.717) is 5.69 Å². The van der Waals surface area contributed by atoms with Crippen molar-refractivity contribution in [1.82, 2.24) is 5.32 Å². The van der Waals surface area contributed by atoms with Crippen LogP contribution in [0.1, 0.15) is 25.7 Å². The number of carbonyl (C=O) groups is 2. The van der Waals surface area contributed by atoms with Gasteiger partial charge in [-0.3, -0.25) is 9.59 Å². The molecule has 2 atom stereocenters. The smallest absolute Gasteiger partial charge is 0.313 e. The zero-order valence-corrected chi connectivity index (χ0v) is 11.6. The van der Waals surface area contributed by atoms with Crippen LogP contribution in [-0.2, 0) is 9.59 Å². The molecule has 3 N–H and O–H groups in total. The first-order valence-corrected chi connectivity index (χ1v) is 7.09. The van der Waals surface area contributed by atoms with Crippen molar-refractivity contribution in [2.24, 2.45) is 5.92 Å². The van der Waals surface area contributed by atoms with Crippen LogP contribution in [0.5, 0.6) is 0 Å². The molecule has 0 unspecified atom stereocenters. The number of aliphatic hydroxyl groups excluding tert-OH is 1. The second-order valence-corrected chi connectivity index (χ2v) is 5.28. The summed E-state index contributed by atoms with van der Waals surface area (Å²) in [5.41, 5.74) is 0.356. The Balaban J connectivity index is 1.79. The highest BCUT2D eigenvalue weighted by Crippen LogP contribution is 2.23. The minimum Gasteiger partial charge on any atom is -0.393 e. The Morgan fingerprint density at radius 3 is 2.48 bits per heavy atom. The normalized spacial score (nSPS) is 21.6. The first-order valence-electron chi connectivity index (χ1n) is 7.09. The lowest BCUT2D eigenvalue weighted by Crippen LogP contribution is -2.41. The summed E-state index contributed by atoms with van der Waals surface area (Å²) in [6, 6.07) is 5.16. The number of aliphatic hydroxyl groups is 1. The largest absolute Gasteiger partial charge is 0.393 e. The van der Waals surface area contributed by atoms with Gasteiger partial charge in [-0.1, -0.05) is 12.8 Å². The van der Waals surface area contributed by atoms with Gasteiger partial charge in [0.05, 0.1) is 6.10 Å². The summed E-state index contributed by atoms with van der Waals surface area (Å²) in [7, 11) is 0. The highest BCUT2D eigenvalue weighted by molar-refractivity contribution is 6.39. The molecule has 114 valence electrons. The van der Waals surface area contributed by atoms with Gasteiger partial charge in [0, 0.05) is 18.2 Å². The standard InChI is InChI=1S/C15H19FN2O3/c16-11-5-7-12(8-6-11)18-15(21)14(20)17-9-10-3-1-2-4-13(10)19/h5-8,10,13,19H,1-4,9H2,(H,17,20)(H,18,21)/t10-,13-/m0/s1. The van der Waals surface area contributed by atoms with Gasteiger partial charge in [0.25, 0.3) is 0 Å². The summed E-state index contributed by atoms with van der Waals surface area (Å²) < 4.78 is 12.7. The molecule has 6 heteroatoms. The number of hydrogen-bond acceptors (Lipinski definition) is 3. The van der Waals surface area contributed by atoms with Gasteiger partial charge < -0.3 is 15.7 Å². The minimum atomic E-state index is -0.799. The summed E-state index contributed by atoms with van der Waals surface area (Å²) in [5.74, 6) is -1.96. The molecule has 2 amide bonds. The maximum atomic E-state index is 12.7. The van der Waals surface area contributed by atoms with Crippen LogP contribution in [0, 0.1) is 11.7 Å². The number of halogens is 1. The molecule has 2 rings (SSSR count). The van der Waals surface area contributed by atoms with Crippen LogP contribution < -0.4 is 10.6 Å². The van der Waals surface area contributed by atoms with Crippen molar-refractivity contribution < 1.29 is 19.1 Å². The number of rotatable bonds is 3. The molecular formula is C15H19FN2O3. The summed E-state index contributed by atoms with van der Waals surface area (Å²) in [4.78, 5) is 23.4. The lowest BCUT2D eigenvalue weighted by molar-refractivity contribution is -0.136. The number of anilines is 1. The summed E-state index contributed by atoms with van der Waals surface area (Å²) >= 11 is 0. The lowest BCUT2D eigenvalue weighted by atomic mass is 9.86. The summed E-state index contributed by atoms with van der Waals surface area (Å²) in [6.45, 7) is 0.289. The third-order valence-electron chi connectivity index (χ3n) is 3.70. The minimum absolute atomic E-state index is 0.00122. The number of benzene rings is 1. The first kappa shape index (κ1) is 15.4. The zero-order chi connectivity index (χ0) is 15.2. The van der Waals surface area contributed by atoms with E-state index in [0.717, 1.165) is 25.7 Å². The molecule has 0 heterocycles. The van der Waals surface area contributed by atoms with E-state index < -0.39 is 23.7 Å². The van der Waals surface area contributed by atoms with Crippen molar-refractivity contribution in [3.8, 4) is 0 Å². The van der Waals surface area contributed by atoms with E-state index in [2.05, 4.69) is 10.6 Å². The molecule has 1 saturated carbocycles. The van der Waals surface area contributed by atoms with Crippen LogP contribution in [0.25, 0.3) is 0 Å². The molecule has 0 aromatic heterocycles. The molecule has 1 aliphatic rings. The van der Waals surface area contributed by atoms with E-state index in [1.165, 1.54) is 24.3 Å². The Hall–Kier alpha value is -1.95. The van der Waals surface area contributed by atoms with Crippen molar-refractivity contribution >= 4 is 17.5 Å². The van der Waals surface area contributed by atoms with E-state index in [4.69, 9.17) is 0 Å². The van der Waals surface area contributed by atoms with E-state index in [1.54, 1.807) is 0 Å². The third-order valence-corrected chi connectivity index (χ3v) is 3.70. The molecule has 1 fully saturated rings. The van der Waals surface area contributed by atoms with Crippen LogP contribution in [-0.4, -0.2) is 29.6 Å². The average molecular weight is 294 g/mol. The average Bonchev–Trinajstić information content (AvgIpc) is 2.48. The van der Waals surface area contributed by atoms with Gasteiger partial charge in [-0.05, 0) is 37.1 Å². The van der Waals surface area contributed by atoms with Gasteiger partial charge in [-0.15, -0.1) is 0 Å². The fourth-order valence-electron chi connectivity index (χ4n) is 2.45. The number of carbonyl (C=O) groups excluding carboxylic acids is 2. The number of amides is 2. The predicted octanol–water partition coefficient (Wildman–Crippen LogP) is 1.43. The molecule has 0 radical (unpaired) electrons. The van der Waals surface area contributed by atoms with Crippen LogP contribution in [0.15, 0.2) is 24.3 Å². The van der Waals surface area contributed by atoms with Crippen molar-refractivity contribution in [2.75, 3.05) is 11.9 Å². The maximum Gasteiger partial charge on any atom is 0.313 e. The number of nitrogens with one attached hydrogen (secondary N) is 2. The topological polar surface area (TPSA) is 78.4 Å². The van der Waals surface area contributed by atoms with Crippen LogP contribution in [0.4, 0.5) is 10.1 Å². The van der Waals surface area contributed by atoms with Gasteiger partial charge in [0.2, 0.25) is 0 Å². The Morgan fingerprint density at radius 2 is 1.81 bits per heavy atom. The molecular weight excluding hydrogens is 275 g/mol. The Kier molecular flexibility index (Phi) is 5.27. The molecule has 21 heavy (non-hydrogen) atoms. The van der Waals surface area contributed by atoms with Crippen LogP contribution >= 0.6 is 0 Å². The lowest BCUT2D eigenvalue weighted by Gasteiger charge is -2.27. The molecule has 0 saturated heterocycles. The number of hydrogen-bond donors (Lipinski definition) is 3. The van der Waals surface area contributed by atoms with Gasteiger partial charge in [0.1, 0.15) is 5.82 Å². The quantitative estimate of drug-likeness (QED) is 0.738. The second kappa shape index (κ2) is 7.17. The highest BCUT2D eigenvalue weighted by atomic mass is 19.1. The molecule has 1 aromatic rings. The van der Waals surface area contributed by atoms with Crippen molar-refractivity contribution in [3.63, 3.8) is 0 Å². The molecule has 0 aliphatic heterocycles. The van der Waals surface area contributed by atoms with E-state index in [9.17, 15) is 19.1 Å². The first-order chi connectivity index (χ1) is 10.1. The van der Waals surface area contributed by atoms with Gasteiger partial charge in [-0.2, -0.15) is 0 Å². The summed E-state index contributed by atoms with van der Waals surface area (Å²) in [6.07, 6.45) is 3.19. The van der Waals surface area contributed by atoms with E-state index in [1.807, 2.05) is 0 Å². The van der Waals surface area contributed by atoms with Crippen molar-refractivity contribution in [1.29, 1.82) is 0 Å². The second-order valence-electron chi connectivity index (χ2n) is 5.28.